The van der Waals surface area contributed by atoms with E-state index in [1.54, 1.807) is 18.3 Å². The fourth-order valence-electron chi connectivity index (χ4n) is 4.37. The zero-order valence-corrected chi connectivity index (χ0v) is 21.1. The molecule has 3 aromatic rings. The zero-order chi connectivity index (χ0) is 24.2. The predicted octanol–water partition coefficient (Wildman–Crippen LogP) is 4.38. The largest absolute Gasteiger partial charge is 0.348 e. The average Bonchev–Trinajstić information content (AvgIpc) is 3.25. The lowest BCUT2D eigenvalue weighted by molar-refractivity contribution is -0.130. The second kappa shape index (κ2) is 10.5. The topological polar surface area (TPSA) is 65.5 Å². The van der Waals surface area contributed by atoms with E-state index in [9.17, 15) is 9.59 Å². The van der Waals surface area contributed by atoms with E-state index in [0.29, 0.717) is 5.56 Å². The van der Waals surface area contributed by atoms with Crippen LogP contribution in [0.3, 0.4) is 0 Å². The third-order valence-electron chi connectivity index (χ3n) is 6.31. The first-order valence-corrected chi connectivity index (χ1v) is 12.6. The van der Waals surface area contributed by atoms with Crippen LogP contribution in [0.15, 0.2) is 48.0 Å². The highest BCUT2D eigenvalue weighted by Crippen LogP contribution is 2.32. The van der Waals surface area contributed by atoms with Crippen molar-refractivity contribution in [2.45, 2.75) is 33.7 Å². The maximum absolute atomic E-state index is 13.3. The Balaban J connectivity index is 1.52. The number of rotatable bonds is 6. The van der Waals surface area contributed by atoms with Crippen LogP contribution in [0.2, 0.25) is 0 Å². The van der Waals surface area contributed by atoms with Crippen molar-refractivity contribution < 1.29 is 9.59 Å². The number of piperazine rings is 1. The first kappa shape index (κ1) is 24.1. The molecule has 0 radical (unpaired) electrons. The second-order valence-electron chi connectivity index (χ2n) is 9.11. The van der Waals surface area contributed by atoms with E-state index in [-0.39, 0.29) is 17.9 Å². The maximum atomic E-state index is 13.3. The highest BCUT2D eigenvalue weighted by atomic mass is 32.1. The molecule has 1 fully saturated rings. The molecule has 7 heteroatoms. The van der Waals surface area contributed by atoms with Gasteiger partial charge in [0.15, 0.2) is 0 Å². The molecule has 0 unspecified atom stereocenters. The molecule has 0 saturated carbocycles. The van der Waals surface area contributed by atoms with Crippen LogP contribution in [-0.4, -0.2) is 65.4 Å². The Hall–Kier alpha value is -3.03. The fourth-order valence-corrected chi connectivity index (χ4v) is 5.16. The second-order valence-corrected chi connectivity index (χ2v) is 9.97. The Morgan fingerprint density at radius 2 is 1.68 bits per heavy atom. The van der Waals surface area contributed by atoms with Gasteiger partial charge in [-0.2, -0.15) is 0 Å². The molecule has 6 nitrogen and oxygen atoms in total. The minimum Gasteiger partial charge on any atom is -0.348 e. The monoisotopic (exact) mass is 476 g/mol. The SMILES string of the molecule is CC(=O)N1CCN(C[C@@H](C)NC(=O)c2cc(-c3ccc(C)cc3)cc(-c3scnc3C)c2)CC1. The number of benzene rings is 2. The van der Waals surface area contributed by atoms with Crippen LogP contribution in [-0.2, 0) is 4.79 Å². The molecule has 178 valence electrons. The Kier molecular flexibility index (Phi) is 7.44. The molecule has 0 spiro atoms. The summed E-state index contributed by atoms with van der Waals surface area (Å²) < 4.78 is 0. The summed E-state index contributed by atoms with van der Waals surface area (Å²) in [5, 5.41) is 3.18. The van der Waals surface area contributed by atoms with Crippen molar-refractivity contribution >= 4 is 23.2 Å². The lowest BCUT2D eigenvalue weighted by Gasteiger charge is -2.35. The van der Waals surface area contributed by atoms with Crippen LogP contribution in [0, 0.1) is 13.8 Å². The van der Waals surface area contributed by atoms with Crippen LogP contribution in [0.4, 0.5) is 0 Å². The summed E-state index contributed by atoms with van der Waals surface area (Å²) in [5.74, 6) is 0.0497. The lowest BCUT2D eigenvalue weighted by atomic mass is 9.97. The van der Waals surface area contributed by atoms with Gasteiger partial charge >= 0.3 is 0 Å². The molecule has 1 N–H and O–H groups in total. The van der Waals surface area contributed by atoms with Crippen molar-refractivity contribution in [3.8, 4) is 21.6 Å². The number of hydrogen-bond donors (Lipinski definition) is 1. The number of nitrogens with zero attached hydrogens (tertiary/aromatic N) is 3. The molecule has 0 bridgehead atoms. The fraction of sp³-hybridized carbons (Fsp3) is 0.370. The summed E-state index contributed by atoms with van der Waals surface area (Å²) >= 11 is 1.59. The first-order valence-electron chi connectivity index (χ1n) is 11.7. The molecule has 1 aromatic heterocycles. The van der Waals surface area contributed by atoms with E-state index in [1.165, 1.54) is 5.56 Å². The zero-order valence-electron chi connectivity index (χ0n) is 20.3. The summed E-state index contributed by atoms with van der Waals surface area (Å²) in [7, 11) is 0. The normalized spacial score (nSPS) is 15.2. The molecule has 2 amide bonds. The van der Waals surface area contributed by atoms with Crippen molar-refractivity contribution in [1.29, 1.82) is 0 Å². The van der Waals surface area contributed by atoms with E-state index in [2.05, 4.69) is 52.5 Å². The third kappa shape index (κ3) is 5.72. The van der Waals surface area contributed by atoms with Crippen LogP contribution in [0.1, 0.15) is 35.5 Å². The Labute approximate surface area is 205 Å². The van der Waals surface area contributed by atoms with E-state index in [1.807, 2.05) is 36.4 Å². The number of hydrogen-bond acceptors (Lipinski definition) is 5. The number of aromatic nitrogens is 1. The summed E-state index contributed by atoms with van der Waals surface area (Å²) in [6.45, 7) is 11.6. The molecular formula is C27H32N4O2S. The Morgan fingerprint density at radius 3 is 2.29 bits per heavy atom. The lowest BCUT2D eigenvalue weighted by Crippen LogP contribution is -2.51. The highest BCUT2D eigenvalue weighted by molar-refractivity contribution is 7.13. The van der Waals surface area contributed by atoms with Gasteiger partial charge in [0.2, 0.25) is 5.91 Å². The number of carbonyl (C=O) groups is 2. The molecule has 1 saturated heterocycles. The molecular weight excluding hydrogens is 444 g/mol. The van der Waals surface area contributed by atoms with Gasteiger partial charge in [-0.1, -0.05) is 29.8 Å². The molecule has 34 heavy (non-hydrogen) atoms. The minimum atomic E-state index is -0.0766. The molecule has 1 aliphatic rings. The van der Waals surface area contributed by atoms with Gasteiger partial charge in [-0.05, 0) is 55.7 Å². The van der Waals surface area contributed by atoms with Crippen LogP contribution in [0.5, 0.6) is 0 Å². The number of carbonyl (C=O) groups excluding carboxylic acids is 2. The molecule has 0 aliphatic carbocycles. The van der Waals surface area contributed by atoms with Gasteiger partial charge in [0, 0.05) is 51.3 Å². The van der Waals surface area contributed by atoms with Gasteiger partial charge in [-0.3, -0.25) is 14.5 Å². The molecule has 4 rings (SSSR count). The Bertz CT molecular complexity index is 1160. The predicted molar refractivity (Wildman–Crippen MR) is 138 cm³/mol. The van der Waals surface area contributed by atoms with E-state index in [4.69, 9.17) is 0 Å². The van der Waals surface area contributed by atoms with Crippen molar-refractivity contribution in [1.82, 2.24) is 20.1 Å². The van der Waals surface area contributed by atoms with E-state index >= 15 is 0 Å². The quantitative estimate of drug-likeness (QED) is 0.574. The van der Waals surface area contributed by atoms with Crippen molar-refractivity contribution in [3.05, 3.63) is 64.8 Å². The number of aryl methyl sites for hydroxylation is 2. The molecule has 1 aliphatic heterocycles. The van der Waals surface area contributed by atoms with Gasteiger partial charge in [0.25, 0.3) is 5.91 Å². The number of nitrogens with one attached hydrogen (secondary N) is 1. The van der Waals surface area contributed by atoms with Crippen molar-refractivity contribution in [2.75, 3.05) is 32.7 Å². The van der Waals surface area contributed by atoms with Crippen molar-refractivity contribution in [2.24, 2.45) is 0 Å². The molecule has 2 aromatic carbocycles. The van der Waals surface area contributed by atoms with Gasteiger partial charge < -0.3 is 10.2 Å². The molecule has 2 heterocycles. The van der Waals surface area contributed by atoms with Gasteiger partial charge in [-0.15, -0.1) is 11.3 Å². The number of thiazole rings is 1. The minimum absolute atomic E-state index is 0.00648. The van der Waals surface area contributed by atoms with E-state index in [0.717, 1.165) is 60.0 Å². The van der Waals surface area contributed by atoms with Crippen molar-refractivity contribution in [3.63, 3.8) is 0 Å². The smallest absolute Gasteiger partial charge is 0.251 e. The van der Waals surface area contributed by atoms with Crippen LogP contribution >= 0.6 is 11.3 Å². The summed E-state index contributed by atoms with van der Waals surface area (Å²) in [5.41, 5.74) is 7.77. The highest BCUT2D eigenvalue weighted by Gasteiger charge is 2.21. The maximum Gasteiger partial charge on any atom is 0.251 e. The van der Waals surface area contributed by atoms with Crippen LogP contribution < -0.4 is 5.32 Å². The van der Waals surface area contributed by atoms with E-state index < -0.39 is 0 Å². The first-order chi connectivity index (χ1) is 16.3. The van der Waals surface area contributed by atoms with Gasteiger partial charge in [0.1, 0.15) is 0 Å². The summed E-state index contributed by atoms with van der Waals surface area (Å²) in [4.78, 5) is 34.5. The Morgan fingerprint density at radius 1 is 1.00 bits per heavy atom. The van der Waals surface area contributed by atoms with Gasteiger partial charge in [0.05, 0.1) is 16.1 Å². The summed E-state index contributed by atoms with van der Waals surface area (Å²) in [6, 6.07) is 14.4. The van der Waals surface area contributed by atoms with Gasteiger partial charge in [-0.25, -0.2) is 4.98 Å². The summed E-state index contributed by atoms with van der Waals surface area (Å²) in [6.07, 6.45) is 0. The van der Waals surface area contributed by atoms with Crippen LogP contribution in [0.25, 0.3) is 21.6 Å². The third-order valence-corrected chi connectivity index (χ3v) is 7.29. The molecule has 1 atom stereocenters. The number of amides is 2. The standard InChI is InChI=1S/C27H32N4O2S/c1-18-5-7-22(8-6-18)23-13-24(26-20(3)28-17-34-26)15-25(14-23)27(33)29-19(2)16-30-9-11-31(12-10-30)21(4)32/h5-8,13-15,17,19H,9-12,16H2,1-4H3,(H,29,33)/t19-/m1/s1. The average molecular weight is 477 g/mol.